The number of hydrogen-bond donors (Lipinski definition) is 1. The zero-order valence-corrected chi connectivity index (χ0v) is 24.1. The van der Waals surface area contributed by atoms with Gasteiger partial charge in [0.25, 0.3) is 11.8 Å². The fourth-order valence-electron chi connectivity index (χ4n) is 6.32. The summed E-state index contributed by atoms with van der Waals surface area (Å²) in [5.41, 5.74) is 0.751. The van der Waals surface area contributed by atoms with E-state index in [1.54, 1.807) is 12.1 Å². The molecule has 13 heteroatoms. The zero-order valence-electron chi connectivity index (χ0n) is 24.1. The lowest BCUT2D eigenvalue weighted by Crippen LogP contribution is -2.63. The number of amides is 4. The number of nitrogens with one attached hydrogen (secondary N) is 1. The minimum Gasteiger partial charge on any atom is -0.494 e. The summed E-state index contributed by atoms with van der Waals surface area (Å²) in [6.45, 7) is 6.73. The van der Waals surface area contributed by atoms with Gasteiger partial charge in [0.05, 0.1) is 23.3 Å². The number of imide groups is 2. The lowest BCUT2D eigenvalue weighted by Gasteiger charge is -2.48. The van der Waals surface area contributed by atoms with Crippen molar-refractivity contribution in [3.63, 3.8) is 0 Å². The van der Waals surface area contributed by atoms with Crippen LogP contribution in [0.4, 0.5) is 18.9 Å². The first-order chi connectivity index (χ1) is 21.1. The quantitative estimate of drug-likeness (QED) is 0.341. The van der Waals surface area contributed by atoms with E-state index in [1.807, 2.05) is 6.07 Å². The van der Waals surface area contributed by atoms with Gasteiger partial charge in [0, 0.05) is 57.4 Å². The van der Waals surface area contributed by atoms with Crippen LogP contribution >= 0.6 is 0 Å². The van der Waals surface area contributed by atoms with Crippen molar-refractivity contribution in [3.8, 4) is 5.75 Å². The van der Waals surface area contributed by atoms with Gasteiger partial charge in [0.1, 0.15) is 11.8 Å². The topological polar surface area (TPSA) is 102 Å². The molecule has 4 aliphatic rings. The number of piperidine rings is 1. The number of nitrogens with zero attached hydrogens (tertiary/aromatic N) is 4. The van der Waals surface area contributed by atoms with E-state index in [0.29, 0.717) is 24.0 Å². The Morgan fingerprint density at radius 1 is 0.864 bits per heavy atom. The van der Waals surface area contributed by atoms with E-state index in [0.717, 1.165) is 81.4 Å². The van der Waals surface area contributed by atoms with Crippen LogP contribution in [0.1, 0.15) is 52.0 Å². The van der Waals surface area contributed by atoms with Crippen LogP contribution in [-0.2, 0) is 15.8 Å². The Bertz CT molecular complexity index is 1440. The summed E-state index contributed by atoms with van der Waals surface area (Å²) in [6.07, 6.45) is -2.37. The molecule has 3 fully saturated rings. The summed E-state index contributed by atoms with van der Waals surface area (Å²) in [6, 6.07) is 9.52. The number of fused-ring (bicyclic) bond motifs is 1. The molecule has 1 atom stereocenters. The molecule has 3 saturated heterocycles. The first-order valence-electron chi connectivity index (χ1n) is 15.0. The highest BCUT2D eigenvalue weighted by Gasteiger charge is 2.45. The molecule has 1 N–H and O–H groups in total. The Kier molecular flexibility index (Phi) is 8.34. The van der Waals surface area contributed by atoms with Crippen LogP contribution in [0.3, 0.4) is 0 Å². The van der Waals surface area contributed by atoms with Crippen LogP contribution in [0, 0.1) is 0 Å². The van der Waals surface area contributed by atoms with Crippen LogP contribution in [0.2, 0.25) is 0 Å². The van der Waals surface area contributed by atoms with Crippen molar-refractivity contribution in [2.24, 2.45) is 0 Å². The molecule has 2 aromatic carbocycles. The fraction of sp³-hybridized carbons (Fsp3) is 0.484. The van der Waals surface area contributed by atoms with Gasteiger partial charge in [0.2, 0.25) is 11.8 Å². The Morgan fingerprint density at radius 2 is 1.57 bits per heavy atom. The van der Waals surface area contributed by atoms with Gasteiger partial charge in [-0.2, -0.15) is 13.2 Å². The van der Waals surface area contributed by atoms with Gasteiger partial charge in [-0.05, 0) is 68.3 Å². The minimum atomic E-state index is -4.35. The molecule has 0 bridgehead atoms. The largest absolute Gasteiger partial charge is 0.494 e. The van der Waals surface area contributed by atoms with Gasteiger partial charge in [0.15, 0.2) is 0 Å². The molecule has 4 heterocycles. The number of carbonyl (C=O) groups excluding carboxylic acids is 4. The molecule has 10 nitrogen and oxygen atoms in total. The zero-order chi connectivity index (χ0) is 31.0. The molecule has 0 aromatic heterocycles. The maximum absolute atomic E-state index is 13.2. The highest BCUT2D eigenvalue weighted by atomic mass is 19.4. The summed E-state index contributed by atoms with van der Waals surface area (Å²) >= 11 is 0. The lowest BCUT2D eigenvalue weighted by molar-refractivity contribution is -0.138. The van der Waals surface area contributed by atoms with Gasteiger partial charge >= 0.3 is 6.18 Å². The second-order valence-corrected chi connectivity index (χ2v) is 11.7. The molecule has 2 aromatic rings. The van der Waals surface area contributed by atoms with Crippen molar-refractivity contribution in [1.82, 2.24) is 20.0 Å². The standard InChI is InChI=1S/C31H34F3N5O5/c32-31(33,34)20-3-6-23(7-4-20)44-16-2-1-11-36-18-22(19-36)38-14-12-37(13-15-38)21-5-8-24-25(17-21)30(43)39(29(24)42)26-9-10-27(40)35-28(26)41/h3-8,17,22,26H,1-2,9-16,18-19H2,(H,35,40,41). The van der Waals surface area contributed by atoms with Crippen molar-refractivity contribution in [3.05, 3.63) is 59.2 Å². The third kappa shape index (κ3) is 6.16. The van der Waals surface area contributed by atoms with Crippen molar-refractivity contribution in [1.29, 1.82) is 0 Å². The highest BCUT2D eigenvalue weighted by molar-refractivity contribution is 6.23. The average molecular weight is 614 g/mol. The van der Waals surface area contributed by atoms with Gasteiger partial charge in [-0.25, -0.2) is 0 Å². The highest BCUT2D eigenvalue weighted by Crippen LogP contribution is 2.32. The van der Waals surface area contributed by atoms with Gasteiger partial charge in [-0.1, -0.05) is 0 Å². The molecular weight excluding hydrogens is 579 g/mol. The predicted octanol–water partition coefficient (Wildman–Crippen LogP) is 2.77. The molecule has 234 valence electrons. The molecule has 0 radical (unpaired) electrons. The molecule has 0 saturated carbocycles. The number of benzene rings is 2. The average Bonchev–Trinajstić information content (AvgIpc) is 3.22. The summed E-state index contributed by atoms with van der Waals surface area (Å²) in [5.74, 6) is -1.58. The Balaban J connectivity index is 0.912. The van der Waals surface area contributed by atoms with E-state index >= 15 is 0 Å². The summed E-state index contributed by atoms with van der Waals surface area (Å²) < 4.78 is 43.6. The number of ether oxygens (including phenoxy) is 1. The Labute approximate surface area is 252 Å². The number of halogens is 3. The molecule has 4 amide bonds. The van der Waals surface area contributed by atoms with Gasteiger partial charge in [-0.15, -0.1) is 0 Å². The van der Waals surface area contributed by atoms with Crippen molar-refractivity contribution in [2.75, 3.05) is 57.3 Å². The van der Waals surface area contributed by atoms with E-state index in [4.69, 9.17) is 4.74 Å². The predicted molar refractivity (Wildman–Crippen MR) is 153 cm³/mol. The number of piperazine rings is 1. The second-order valence-electron chi connectivity index (χ2n) is 11.7. The maximum atomic E-state index is 13.2. The normalized spacial score (nSPS) is 21.8. The molecular formula is C31H34F3N5O5. The van der Waals surface area contributed by atoms with Crippen LogP contribution in [0.25, 0.3) is 0 Å². The van der Waals surface area contributed by atoms with Crippen molar-refractivity contribution in [2.45, 2.75) is 43.9 Å². The van der Waals surface area contributed by atoms with E-state index in [1.165, 1.54) is 12.1 Å². The third-order valence-corrected chi connectivity index (χ3v) is 8.88. The Morgan fingerprint density at radius 3 is 2.25 bits per heavy atom. The summed E-state index contributed by atoms with van der Waals surface area (Å²) in [4.78, 5) is 58.0. The van der Waals surface area contributed by atoms with Gasteiger partial charge < -0.3 is 14.5 Å². The number of unbranched alkanes of at least 4 members (excludes halogenated alkanes) is 1. The first-order valence-corrected chi connectivity index (χ1v) is 15.0. The lowest BCUT2D eigenvalue weighted by atomic mass is 10.0. The summed E-state index contributed by atoms with van der Waals surface area (Å²) in [7, 11) is 0. The number of alkyl halides is 3. The van der Waals surface area contributed by atoms with E-state index in [2.05, 4.69) is 20.0 Å². The SMILES string of the molecule is O=C1CCC(N2C(=O)c3ccc(N4CCN(C5CN(CCCCOc6ccc(C(F)(F)F)cc6)C5)CC4)cc3C2=O)C(=O)N1. The van der Waals surface area contributed by atoms with Crippen LogP contribution < -0.4 is 15.0 Å². The second kappa shape index (κ2) is 12.2. The Hall–Kier alpha value is -3.97. The number of rotatable bonds is 9. The maximum Gasteiger partial charge on any atom is 0.416 e. The van der Waals surface area contributed by atoms with E-state index in [9.17, 15) is 32.3 Å². The fourth-order valence-corrected chi connectivity index (χ4v) is 6.32. The third-order valence-electron chi connectivity index (χ3n) is 8.88. The van der Waals surface area contributed by atoms with Gasteiger partial charge in [-0.3, -0.25) is 34.3 Å². The van der Waals surface area contributed by atoms with E-state index < -0.39 is 41.4 Å². The van der Waals surface area contributed by atoms with Crippen molar-refractivity contribution < 1.29 is 37.1 Å². The monoisotopic (exact) mass is 613 g/mol. The smallest absolute Gasteiger partial charge is 0.416 e. The first kappa shape index (κ1) is 30.1. The molecule has 0 spiro atoms. The molecule has 44 heavy (non-hydrogen) atoms. The summed E-state index contributed by atoms with van der Waals surface area (Å²) in [5, 5.41) is 2.22. The molecule has 1 unspecified atom stereocenters. The van der Waals surface area contributed by atoms with Crippen molar-refractivity contribution >= 4 is 29.3 Å². The minimum absolute atomic E-state index is 0.0850. The molecule has 0 aliphatic carbocycles. The van der Waals surface area contributed by atoms with E-state index in [-0.39, 0.29) is 18.4 Å². The number of likely N-dealkylation sites (tertiary alicyclic amines) is 1. The molecule has 6 rings (SSSR count). The van der Waals surface area contributed by atoms with Crippen LogP contribution in [0.15, 0.2) is 42.5 Å². The van der Waals surface area contributed by atoms with Crippen LogP contribution in [0.5, 0.6) is 5.75 Å². The number of hydrogen-bond acceptors (Lipinski definition) is 8. The van der Waals surface area contributed by atoms with Crippen LogP contribution in [-0.4, -0.2) is 103 Å². The number of carbonyl (C=O) groups is 4. The number of anilines is 1. The molecule has 4 aliphatic heterocycles.